The lowest BCUT2D eigenvalue weighted by atomic mass is 9.80. The highest BCUT2D eigenvalue weighted by molar-refractivity contribution is 6.32. The first-order valence-corrected chi connectivity index (χ1v) is 3.52. The summed E-state index contributed by atoms with van der Waals surface area (Å²) in [5, 5.41) is 2.40. The van der Waals surface area contributed by atoms with Crippen molar-refractivity contribution >= 4 is 13.2 Å². The average Bonchev–Trinajstić information content (AvgIpc) is 1.98. The van der Waals surface area contributed by atoms with E-state index >= 15 is 0 Å². The second-order valence-corrected chi connectivity index (χ2v) is 2.33. The molecule has 0 saturated carbocycles. The minimum atomic E-state index is 0.0982. The highest BCUT2D eigenvalue weighted by Gasteiger charge is 2.09. The lowest BCUT2D eigenvalue weighted by molar-refractivity contribution is -0.121. The van der Waals surface area contributed by atoms with Crippen molar-refractivity contribution in [3.63, 3.8) is 0 Å². The van der Waals surface area contributed by atoms with Crippen molar-refractivity contribution in [2.45, 2.75) is 26.6 Å². The van der Waals surface area contributed by atoms with Gasteiger partial charge in [0.15, 0.2) is 0 Å². The number of hydrogen-bond donors (Lipinski definition) is 2. The molecule has 0 rings (SSSR count). The number of ketones is 1. The molecule has 0 amide bonds. The van der Waals surface area contributed by atoms with Crippen molar-refractivity contribution in [3.05, 3.63) is 0 Å². The van der Waals surface area contributed by atoms with Gasteiger partial charge >= 0.3 is 0 Å². The summed E-state index contributed by atoms with van der Waals surface area (Å²) in [5.74, 6) is 5.38. The number of rotatable bonds is 5. The van der Waals surface area contributed by atoms with Crippen molar-refractivity contribution in [1.29, 1.82) is 0 Å². The fourth-order valence-electron chi connectivity index (χ4n) is 0.725. The second kappa shape index (κ2) is 5.44. The van der Waals surface area contributed by atoms with Crippen molar-refractivity contribution in [2.75, 3.05) is 0 Å². The minimum absolute atomic E-state index is 0.0982. The Labute approximate surface area is 62.6 Å². The molecule has 0 bridgehead atoms. The van der Waals surface area contributed by atoms with E-state index < -0.39 is 0 Å². The molecule has 0 aromatic carbocycles. The highest BCUT2D eigenvalue weighted by atomic mass is 16.1. The molecule has 10 heavy (non-hydrogen) atoms. The SMILES string of the molecule is CCC(=O)[C@H](C)C[B]NN. The predicted octanol–water partition coefficient (Wildman–Crippen LogP) is 0.102. The lowest BCUT2D eigenvalue weighted by Gasteiger charge is -2.05. The summed E-state index contributed by atoms with van der Waals surface area (Å²) in [6.45, 7) is 3.77. The third kappa shape index (κ3) is 3.64. The molecule has 0 aliphatic heterocycles. The maximum Gasteiger partial charge on any atom is 0.225 e. The van der Waals surface area contributed by atoms with Gasteiger partial charge in [0.2, 0.25) is 7.41 Å². The van der Waals surface area contributed by atoms with E-state index in [1.54, 1.807) is 7.41 Å². The smallest absolute Gasteiger partial charge is 0.225 e. The number of carbonyl (C=O) groups is 1. The molecule has 0 aliphatic rings. The van der Waals surface area contributed by atoms with Crippen LogP contribution in [0.1, 0.15) is 20.3 Å². The molecule has 0 saturated heterocycles. The fourth-order valence-corrected chi connectivity index (χ4v) is 0.725. The van der Waals surface area contributed by atoms with Gasteiger partial charge in [0, 0.05) is 12.3 Å². The van der Waals surface area contributed by atoms with E-state index in [4.69, 9.17) is 5.84 Å². The van der Waals surface area contributed by atoms with Gasteiger partial charge in [-0.25, -0.2) is 0 Å². The van der Waals surface area contributed by atoms with Crippen LogP contribution in [0.5, 0.6) is 0 Å². The first-order valence-electron chi connectivity index (χ1n) is 3.52. The Kier molecular flexibility index (Phi) is 5.25. The van der Waals surface area contributed by atoms with Crippen LogP contribution < -0.4 is 11.2 Å². The Morgan fingerprint density at radius 3 is 2.80 bits per heavy atom. The Morgan fingerprint density at radius 2 is 2.40 bits per heavy atom. The lowest BCUT2D eigenvalue weighted by Crippen LogP contribution is -2.28. The third-order valence-corrected chi connectivity index (χ3v) is 1.49. The van der Waals surface area contributed by atoms with Crippen LogP contribution in [0.15, 0.2) is 0 Å². The number of hydrogen-bond acceptors (Lipinski definition) is 3. The summed E-state index contributed by atoms with van der Waals surface area (Å²) in [5.41, 5.74) is 0. The van der Waals surface area contributed by atoms with E-state index in [1.807, 2.05) is 13.8 Å². The van der Waals surface area contributed by atoms with Crippen molar-refractivity contribution < 1.29 is 4.79 Å². The number of nitrogens with one attached hydrogen (secondary N) is 1. The zero-order chi connectivity index (χ0) is 7.98. The van der Waals surface area contributed by atoms with Gasteiger partial charge < -0.3 is 5.34 Å². The molecule has 0 fully saturated rings. The van der Waals surface area contributed by atoms with Gasteiger partial charge in [-0.1, -0.05) is 20.2 Å². The zero-order valence-electron chi connectivity index (χ0n) is 6.55. The molecule has 3 N–H and O–H groups in total. The molecule has 0 aliphatic carbocycles. The number of nitrogens with two attached hydrogens (primary N) is 1. The molecule has 0 aromatic rings. The van der Waals surface area contributed by atoms with Gasteiger partial charge in [0.25, 0.3) is 0 Å². The van der Waals surface area contributed by atoms with E-state index in [1.165, 1.54) is 0 Å². The largest absolute Gasteiger partial charge is 0.306 e. The topological polar surface area (TPSA) is 55.1 Å². The summed E-state index contributed by atoms with van der Waals surface area (Å²) in [6.07, 6.45) is 1.32. The molecule has 0 heterocycles. The molecule has 3 nitrogen and oxygen atoms in total. The van der Waals surface area contributed by atoms with Crippen LogP contribution in [0, 0.1) is 5.92 Å². The normalized spacial score (nSPS) is 12.7. The van der Waals surface area contributed by atoms with E-state index in [-0.39, 0.29) is 11.7 Å². The summed E-state index contributed by atoms with van der Waals surface area (Å²) in [4.78, 5) is 10.9. The predicted molar refractivity (Wildman–Crippen MR) is 42.3 cm³/mol. The van der Waals surface area contributed by atoms with Crippen LogP contribution in [0.25, 0.3) is 0 Å². The molecule has 57 valence electrons. The average molecular weight is 141 g/mol. The highest BCUT2D eigenvalue weighted by Crippen LogP contribution is 2.04. The molecule has 1 radical (unpaired) electrons. The maximum atomic E-state index is 10.9. The molecule has 1 atom stereocenters. The standard InChI is InChI=1S/C6H14BN2O/c1-3-6(10)5(2)4-7-9-8/h5,9H,3-4,8H2,1-2H3/t5-/m1/s1. The quantitative estimate of drug-likeness (QED) is 0.324. The number of Topliss-reactive ketones (excluding diaryl/α,β-unsaturated/α-hetero) is 1. The maximum absolute atomic E-state index is 10.9. The van der Waals surface area contributed by atoms with E-state index in [9.17, 15) is 4.79 Å². The number of carbonyl (C=O) groups excluding carboxylic acids is 1. The van der Waals surface area contributed by atoms with Crippen LogP contribution in [0.4, 0.5) is 0 Å². The van der Waals surface area contributed by atoms with Gasteiger partial charge in [-0.3, -0.25) is 10.6 Å². The van der Waals surface area contributed by atoms with Gasteiger partial charge in [-0.15, -0.1) is 0 Å². The molecule has 0 spiro atoms. The Bertz CT molecular complexity index is 108. The summed E-state index contributed by atoms with van der Waals surface area (Å²) in [6, 6.07) is 0. The third-order valence-electron chi connectivity index (χ3n) is 1.49. The van der Waals surface area contributed by atoms with Crippen molar-refractivity contribution in [1.82, 2.24) is 5.34 Å². The molecular weight excluding hydrogens is 127 g/mol. The Hall–Kier alpha value is -0.345. The van der Waals surface area contributed by atoms with Gasteiger partial charge in [0.05, 0.1) is 0 Å². The monoisotopic (exact) mass is 141 g/mol. The van der Waals surface area contributed by atoms with Crippen LogP contribution in [0.3, 0.4) is 0 Å². The second-order valence-electron chi connectivity index (χ2n) is 2.33. The van der Waals surface area contributed by atoms with E-state index in [2.05, 4.69) is 5.34 Å². The van der Waals surface area contributed by atoms with E-state index in [0.717, 1.165) is 0 Å². The molecule has 4 heteroatoms. The first kappa shape index (κ1) is 9.65. The van der Waals surface area contributed by atoms with Crippen LogP contribution in [-0.2, 0) is 4.79 Å². The summed E-state index contributed by atoms with van der Waals surface area (Å²) < 4.78 is 0. The van der Waals surface area contributed by atoms with Gasteiger partial charge in [0.1, 0.15) is 5.78 Å². The van der Waals surface area contributed by atoms with Crippen LogP contribution in [-0.4, -0.2) is 13.2 Å². The van der Waals surface area contributed by atoms with Gasteiger partial charge in [-0.2, -0.15) is 0 Å². The van der Waals surface area contributed by atoms with Gasteiger partial charge in [-0.05, 0) is 0 Å². The molecule has 0 unspecified atom stereocenters. The zero-order valence-corrected chi connectivity index (χ0v) is 6.55. The van der Waals surface area contributed by atoms with Crippen LogP contribution in [0.2, 0.25) is 6.32 Å². The fraction of sp³-hybridized carbons (Fsp3) is 0.833. The summed E-state index contributed by atoms with van der Waals surface area (Å²) >= 11 is 0. The molecule has 0 aromatic heterocycles. The number of hydrazine groups is 1. The first-order chi connectivity index (χ1) is 4.72. The Morgan fingerprint density at radius 1 is 1.80 bits per heavy atom. The van der Waals surface area contributed by atoms with Crippen LogP contribution >= 0.6 is 0 Å². The Balaban J connectivity index is 3.41. The molecular formula is C6H14BN2O. The minimum Gasteiger partial charge on any atom is -0.306 e. The van der Waals surface area contributed by atoms with E-state index in [0.29, 0.717) is 12.7 Å². The summed E-state index contributed by atoms with van der Waals surface area (Å²) in [7, 11) is 1.69. The van der Waals surface area contributed by atoms with Crippen molar-refractivity contribution in [2.24, 2.45) is 11.8 Å². The van der Waals surface area contributed by atoms with Crippen molar-refractivity contribution in [3.8, 4) is 0 Å².